The summed E-state index contributed by atoms with van der Waals surface area (Å²) in [4.78, 5) is 26.9. The van der Waals surface area contributed by atoms with Crippen molar-refractivity contribution in [2.24, 2.45) is 0 Å². The molecule has 0 fully saturated rings. The number of carbonyl (C=O) groups is 2. The SMILES string of the molecule is COC(=O)C1=CN(Cc2ccc(F)cc2)C=C(C(=O)OC)C1c1ccc(OC)cc1. The molecule has 0 aromatic heterocycles. The fourth-order valence-corrected chi connectivity index (χ4v) is 3.34. The second kappa shape index (κ2) is 9.26. The first-order valence-electron chi connectivity index (χ1n) is 9.21. The number of nitrogens with zero attached hydrogens (tertiary/aromatic N) is 1. The molecule has 1 aliphatic heterocycles. The molecule has 0 aliphatic carbocycles. The highest BCUT2D eigenvalue weighted by Crippen LogP contribution is 2.38. The van der Waals surface area contributed by atoms with Crippen molar-refractivity contribution >= 4 is 11.9 Å². The molecule has 0 N–H and O–H groups in total. The summed E-state index contributed by atoms with van der Waals surface area (Å²) < 4.78 is 28.4. The Kier molecular flexibility index (Phi) is 6.51. The lowest BCUT2D eigenvalue weighted by molar-refractivity contribution is -0.137. The smallest absolute Gasteiger partial charge is 0.336 e. The second-order valence-electron chi connectivity index (χ2n) is 6.66. The summed E-state index contributed by atoms with van der Waals surface area (Å²) in [5.74, 6) is -1.47. The van der Waals surface area contributed by atoms with Gasteiger partial charge in [-0.05, 0) is 35.4 Å². The quantitative estimate of drug-likeness (QED) is 0.678. The summed E-state index contributed by atoms with van der Waals surface area (Å²) in [5, 5.41) is 0. The van der Waals surface area contributed by atoms with Gasteiger partial charge in [0.2, 0.25) is 0 Å². The third-order valence-corrected chi connectivity index (χ3v) is 4.80. The third-order valence-electron chi connectivity index (χ3n) is 4.80. The molecule has 1 heterocycles. The van der Waals surface area contributed by atoms with E-state index in [1.807, 2.05) is 0 Å². The molecule has 1 aliphatic rings. The summed E-state index contributed by atoms with van der Waals surface area (Å²) in [5.41, 5.74) is 2.09. The number of rotatable bonds is 6. The molecule has 30 heavy (non-hydrogen) atoms. The first-order chi connectivity index (χ1) is 14.5. The number of esters is 2. The van der Waals surface area contributed by atoms with E-state index in [0.717, 1.165) is 5.56 Å². The minimum Gasteiger partial charge on any atom is -0.497 e. The van der Waals surface area contributed by atoms with Crippen molar-refractivity contribution in [1.82, 2.24) is 4.90 Å². The highest BCUT2D eigenvalue weighted by Gasteiger charge is 2.35. The first-order valence-corrected chi connectivity index (χ1v) is 9.21. The maximum Gasteiger partial charge on any atom is 0.336 e. The van der Waals surface area contributed by atoms with Crippen LogP contribution < -0.4 is 4.74 Å². The van der Waals surface area contributed by atoms with E-state index in [1.54, 1.807) is 60.8 Å². The number of halogens is 1. The Labute approximate surface area is 174 Å². The van der Waals surface area contributed by atoms with Crippen LogP contribution in [-0.4, -0.2) is 38.2 Å². The van der Waals surface area contributed by atoms with E-state index in [1.165, 1.54) is 26.4 Å². The molecular formula is C23H22FNO5. The van der Waals surface area contributed by atoms with E-state index < -0.39 is 17.9 Å². The van der Waals surface area contributed by atoms with Gasteiger partial charge in [0.15, 0.2) is 0 Å². The lowest BCUT2D eigenvalue weighted by atomic mass is 9.83. The number of methoxy groups -OCH3 is 3. The topological polar surface area (TPSA) is 65.1 Å². The van der Waals surface area contributed by atoms with Gasteiger partial charge in [0.1, 0.15) is 11.6 Å². The Bertz CT molecular complexity index is 946. The molecule has 7 heteroatoms. The van der Waals surface area contributed by atoms with Gasteiger partial charge in [0, 0.05) is 18.9 Å². The van der Waals surface area contributed by atoms with E-state index >= 15 is 0 Å². The van der Waals surface area contributed by atoms with E-state index in [-0.39, 0.29) is 17.0 Å². The van der Waals surface area contributed by atoms with Gasteiger partial charge in [-0.1, -0.05) is 24.3 Å². The molecule has 0 unspecified atom stereocenters. The Morgan fingerprint density at radius 1 is 0.867 bits per heavy atom. The molecule has 0 amide bonds. The van der Waals surface area contributed by atoms with Gasteiger partial charge in [0.05, 0.1) is 38.4 Å². The molecule has 0 saturated carbocycles. The van der Waals surface area contributed by atoms with E-state index in [2.05, 4.69) is 0 Å². The molecule has 2 aromatic rings. The van der Waals surface area contributed by atoms with E-state index in [0.29, 0.717) is 17.9 Å². The minimum atomic E-state index is -0.666. The molecule has 0 saturated heterocycles. The average molecular weight is 411 g/mol. The van der Waals surface area contributed by atoms with Crippen LogP contribution in [0.15, 0.2) is 72.1 Å². The average Bonchev–Trinajstić information content (AvgIpc) is 2.79. The van der Waals surface area contributed by atoms with Crippen molar-refractivity contribution in [3.8, 4) is 5.75 Å². The molecule has 3 rings (SSSR count). The second-order valence-corrected chi connectivity index (χ2v) is 6.66. The molecule has 156 valence electrons. The van der Waals surface area contributed by atoms with E-state index in [4.69, 9.17) is 14.2 Å². The molecule has 0 atom stereocenters. The molecule has 0 radical (unpaired) electrons. The van der Waals surface area contributed by atoms with Crippen LogP contribution >= 0.6 is 0 Å². The van der Waals surface area contributed by atoms with Gasteiger partial charge in [-0.15, -0.1) is 0 Å². The largest absolute Gasteiger partial charge is 0.497 e. The number of ether oxygens (including phenoxy) is 3. The third kappa shape index (κ3) is 4.51. The summed E-state index contributed by atoms with van der Waals surface area (Å²) in [7, 11) is 4.13. The Morgan fingerprint density at radius 2 is 1.40 bits per heavy atom. The molecular weight excluding hydrogens is 389 g/mol. The summed E-state index contributed by atoms with van der Waals surface area (Å²) in [6.45, 7) is 0.330. The van der Waals surface area contributed by atoms with Crippen LogP contribution in [0.1, 0.15) is 17.0 Å². The zero-order valence-electron chi connectivity index (χ0n) is 16.9. The van der Waals surface area contributed by atoms with Crippen LogP contribution in [0.25, 0.3) is 0 Å². The first kappa shape index (κ1) is 21.1. The number of hydrogen-bond acceptors (Lipinski definition) is 6. The van der Waals surface area contributed by atoms with Crippen molar-refractivity contribution in [1.29, 1.82) is 0 Å². The van der Waals surface area contributed by atoms with Gasteiger partial charge in [0.25, 0.3) is 0 Å². The van der Waals surface area contributed by atoms with Gasteiger partial charge in [-0.3, -0.25) is 0 Å². The highest BCUT2D eigenvalue weighted by atomic mass is 19.1. The predicted octanol–water partition coefficient (Wildman–Crippen LogP) is 3.55. The van der Waals surface area contributed by atoms with Crippen molar-refractivity contribution in [2.75, 3.05) is 21.3 Å². The number of hydrogen-bond donors (Lipinski definition) is 0. The van der Waals surface area contributed by atoms with Crippen LogP contribution in [0, 0.1) is 5.82 Å². The van der Waals surface area contributed by atoms with Gasteiger partial charge < -0.3 is 19.1 Å². The van der Waals surface area contributed by atoms with Crippen molar-refractivity contribution < 1.29 is 28.2 Å². The standard InChI is InChI=1S/C23H22FNO5/c1-28-18-10-6-16(7-11-18)21-19(22(26)29-2)13-25(14-20(21)23(27)30-3)12-15-4-8-17(24)9-5-15/h4-11,13-14,21H,12H2,1-3H3. The van der Waals surface area contributed by atoms with Crippen LogP contribution in [-0.2, 0) is 25.6 Å². The maximum atomic E-state index is 13.2. The highest BCUT2D eigenvalue weighted by molar-refractivity contribution is 5.98. The zero-order chi connectivity index (χ0) is 21.7. The Morgan fingerprint density at radius 3 is 1.87 bits per heavy atom. The van der Waals surface area contributed by atoms with Gasteiger partial charge in [-0.2, -0.15) is 0 Å². The summed E-state index contributed by atoms with van der Waals surface area (Å²) in [6, 6.07) is 13.1. The summed E-state index contributed by atoms with van der Waals surface area (Å²) in [6.07, 6.45) is 3.27. The normalized spacial score (nSPS) is 13.9. The lowest BCUT2D eigenvalue weighted by Gasteiger charge is -2.30. The van der Waals surface area contributed by atoms with Crippen LogP contribution in [0.3, 0.4) is 0 Å². The fourth-order valence-electron chi connectivity index (χ4n) is 3.34. The zero-order valence-corrected chi connectivity index (χ0v) is 16.9. The summed E-state index contributed by atoms with van der Waals surface area (Å²) >= 11 is 0. The molecule has 0 bridgehead atoms. The molecule has 2 aromatic carbocycles. The Hall–Kier alpha value is -3.61. The van der Waals surface area contributed by atoms with Crippen LogP contribution in [0.2, 0.25) is 0 Å². The fraction of sp³-hybridized carbons (Fsp3) is 0.217. The Balaban J connectivity index is 2.04. The number of carbonyl (C=O) groups excluding carboxylic acids is 2. The van der Waals surface area contributed by atoms with Gasteiger partial charge >= 0.3 is 11.9 Å². The van der Waals surface area contributed by atoms with Crippen molar-refractivity contribution in [3.63, 3.8) is 0 Å². The lowest BCUT2D eigenvalue weighted by Crippen LogP contribution is -2.28. The maximum absolute atomic E-state index is 13.2. The predicted molar refractivity (Wildman–Crippen MR) is 108 cm³/mol. The molecule has 0 spiro atoms. The number of benzene rings is 2. The van der Waals surface area contributed by atoms with Gasteiger partial charge in [-0.25, -0.2) is 14.0 Å². The minimum absolute atomic E-state index is 0.285. The molecule has 6 nitrogen and oxygen atoms in total. The monoisotopic (exact) mass is 411 g/mol. The van der Waals surface area contributed by atoms with Crippen LogP contribution in [0.5, 0.6) is 5.75 Å². The van der Waals surface area contributed by atoms with Crippen molar-refractivity contribution in [3.05, 3.63) is 89.0 Å². The van der Waals surface area contributed by atoms with Crippen molar-refractivity contribution in [2.45, 2.75) is 12.5 Å². The van der Waals surface area contributed by atoms with E-state index in [9.17, 15) is 14.0 Å². The van der Waals surface area contributed by atoms with Crippen LogP contribution in [0.4, 0.5) is 4.39 Å².